The fourth-order valence-electron chi connectivity index (χ4n) is 2.24. The second-order valence-corrected chi connectivity index (χ2v) is 4.77. The number of anilines is 1. The van der Waals surface area contributed by atoms with Crippen LogP contribution in [0.25, 0.3) is 5.65 Å². The van der Waals surface area contributed by atoms with Gasteiger partial charge in [0.15, 0.2) is 5.65 Å². The number of aryl methyl sites for hydroxylation is 1. The standard InChI is InChI=1S/C16H16N4O2/c1-3-12-10-14(19-15-7-8-17-20(12)15)16(21)18-11-5-4-6-13(9-11)22-2/h4-10H,3H2,1-2H3,(H,18,21). The Morgan fingerprint density at radius 2 is 2.18 bits per heavy atom. The molecule has 0 fully saturated rings. The molecule has 0 aliphatic carbocycles. The maximum Gasteiger partial charge on any atom is 0.274 e. The summed E-state index contributed by atoms with van der Waals surface area (Å²) in [7, 11) is 1.59. The zero-order chi connectivity index (χ0) is 15.5. The van der Waals surface area contributed by atoms with Crippen molar-refractivity contribution in [3.63, 3.8) is 0 Å². The average molecular weight is 296 g/mol. The molecule has 3 aromatic rings. The summed E-state index contributed by atoms with van der Waals surface area (Å²) in [6.07, 6.45) is 2.44. The Balaban J connectivity index is 1.91. The lowest BCUT2D eigenvalue weighted by Gasteiger charge is -2.08. The van der Waals surface area contributed by atoms with E-state index >= 15 is 0 Å². The lowest BCUT2D eigenvalue weighted by Crippen LogP contribution is -2.15. The summed E-state index contributed by atoms with van der Waals surface area (Å²) < 4.78 is 6.89. The Bertz CT molecular complexity index is 826. The minimum atomic E-state index is -0.258. The minimum Gasteiger partial charge on any atom is -0.497 e. The van der Waals surface area contributed by atoms with Gasteiger partial charge < -0.3 is 10.1 Å². The van der Waals surface area contributed by atoms with E-state index in [1.54, 1.807) is 42.1 Å². The van der Waals surface area contributed by atoms with Gasteiger partial charge in [-0.05, 0) is 24.6 Å². The molecule has 0 aliphatic rings. The number of hydrogen-bond acceptors (Lipinski definition) is 4. The number of fused-ring (bicyclic) bond motifs is 1. The van der Waals surface area contributed by atoms with Gasteiger partial charge >= 0.3 is 0 Å². The van der Waals surface area contributed by atoms with E-state index in [4.69, 9.17) is 4.74 Å². The van der Waals surface area contributed by atoms with Crippen LogP contribution in [0.3, 0.4) is 0 Å². The number of carbonyl (C=O) groups is 1. The number of amides is 1. The molecule has 0 aliphatic heterocycles. The van der Waals surface area contributed by atoms with E-state index in [1.807, 2.05) is 19.1 Å². The van der Waals surface area contributed by atoms with Crippen LogP contribution in [-0.4, -0.2) is 27.6 Å². The van der Waals surface area contributed by atoms with Crippen LogP contribution >= 0.6 is 0 Å². The van der Waals surface area contributed by atoms with Crippen molar-refractivity contribution >= 4 is 17.2 Å². The summed E-state index contributed by atoms with van der Waals surface area (Å²) in [6.45, 7) is 2.01. The van der Waals surface area contributed by atoms with Gasteiger partial charge in [0.2, 0.25) is 0 Å². The molecule has 6 heteroatoms. The molecule has 0 spiro atoms. The molecule has 1 N–H and O–H groups in total. The van der Waals surface area contributed by atoms with Crippen LogP contribution in [0.15, 0.2) is 42.6 Å². The normalized spacial score (nSPS) is 10.6. The van der Waals surface area contributed by atoms with Crippen LogP contribution in [0.2, 0.25) is 0 Å². The van der Waals surface area contributed by atoms with Crippen molar-refractivity contribution in [2.24, 2.45) is 0 Å². The molecule has 0 atom stereocenters. The van der Waals surface area contributed by atoms with Crippen LogP contribution in [0.5, 0.6) is 5.75 Å². The van der Waals surface area contributed by atoms with Crippen molar-refractivity contribution in [2.75, 3.05) is 12.4 Å². The third kappa shape index (κ3) is 2.63. The van der Waals surface area contributed by atoms with Crippen molar-refractivity contribution in [1.29, 1.82) is 0 Å². The highest BCUT2D eigenvalue weighted by Crippen LogP contribution is 2.17. The number of rotatable bonds is 4. The van der Waals surface area contributed by atoms with Crippen LogP contribution in [0.1, 0.15) is 23.1 Å². The molecule has 22 heavy (non-hydrogen) atoms. The molecular formula is C16H16N4O2. The molecular weight excluding hydrogens is 280 g/mol. The first kappa shape index (κ1) is 14.1. The Labute approximate surface area is 127 Å². The Morgan fingerprint density at radius 1 is 1.32 bits per heavy atom. The largest absolute Gasteiger partial charge is 0.497 e. The van der Waals surface area contributed by atoms with Crippen LogP contribution in [0.4, 0.5) is 5.69 Å². The highest BCUT2D eigenvalue weighted by Gasteiger charge is 2.12. The highest BCUT2D eigenvalue weighted by atomic mass is 16.5. The minimum absolute atomic E-state index is 0.258. The Kier molecular flexibility index (Phi) is 3.74. The van der Waals surface area contributed by atoms with Gasteiger partial charge in [-0.3, -0.25) is 4.79 Å². The number of benzene rings is 1. The van der Waals surface area contributed by atoms with E-state index in [1.165, 1.54) is 0 Å². The number of hydrogen-bond donors (Lipinski definition) is 1. The highest BCUT2D eigenvalue weighted by molar-refractivity contribution is 6.03. The van der Waals surface area contributed by atoms with E-state index in [9.17, 15) is 4.79 Å². The summed E-state index contributed by atoms with van der Waals surface area (Å²) in [5.74, 6) is 0.429. The van der Waals surface area contributed by atoms with E-state index in [0.717, 1.165) is 12.1 Å². The third-order valence-electron chi connectivity index (χ3n) is 3.36. The molecule has 6 nitrogen and oxygen atoms in total. The quantitative estimate of drug-likeness (QED) is 0.803. The van der Waals surface area contributed by atoms with Gasteiger partial charge in [-0.15, -0.1) is 0 Å². The van der Waals surface area contributed by atoms with Gasteiger partial charge in [-0.25, -0.2) is 9.50 Å². The molecule has 0 saturated carbocycles. The molecule has 0 saturated heterocycles. The third-order valence-corrected chi connectivity index (χ3v) is 3.36. The monoisotopic (exact) mass is 296 g/mol. The van der Waals surface area contributed by atoms with Gasteiger partial charge in [0.25, 0.3) is 5.91 Å². The van der Waals surface area contributed by atoms with Gasteiger partial charge in [-0.2, -0.15) is 5.10 Å². The first-order valence-electron chi connectivity index (χ1n) is 7.00. The number of methoxy groups -OCH3 is 1. The second-order valence-electron chi connectivity index (χ2n) is 4.77. The Morgan fingerprint density at radius 3 is 2.95 bits per heavy atom. The van der Waals surface area contributed by atoms with Crippen LogP contribution < -0.4 is 10.1 Å². The predicted octanol–water partition coefficient (Wildman–Crippen LogP) is 2.55. The van der Waals surface area contributed by atoms with Gasteiger partial charge in [-0.1, -0.05) is 13.0 Å². The summed E-state index contributed by atoms with van der Waals surface area (Å²) in [5, 5.41) is 7.03. The van der Waals surface area contributed by atoms with Crippen molar-refractivity contribution < 1.29 is 9.53 Å². The lowest BCUT2D eigenvalue weighted by molar-refractivity contribution is 0.102. The molecule has 2 heterocycles. The molecule has 1 amide bonds. The lowest BCUT2D eigenvalue weighted by atomic mass is 10.2. The smallest absolute Gasteiger partial charge is 0.274 e. The van der Waals surface area contributed by atoms with Gasteiger partial charge in [0.05, 0.1) is 13.3 Å². The summed E-state index contributed by atoms with van der Waals surface area (Å²) >= 11 is 0. The fraction of sp³-hybridized carbons (Fsp3) is 0.188. The Hall–Kier alpha value is -2.89. The summed E-state index contributed by atoms with van der Waals surface area (Å²) in [4.78, 5) is 16.7. The average Bonchev–Trinajstić information content (AvgIpc) is 3.02. The number of aromatic nitrogens is 3. The van der Waals surface area contributed by atoms with Gasteiger partial charge in [0.1, 0.15) is 11.4 Å². The maximum atomic E-state index is 12.4. The van der Waals surface area contributed by atoms with Crippen LogP contribution in [0, 0.1) is 0 Å². The number of carbonyl (C=O) groups excluding carboxylic acids is 1. The molecule has 3 rings (SSSR count). The zero-order valence-electron chi connectivity index (χ0n) is 12.4. The molecule has 0 bridgehead atoms. The van der Waals surface area contributed by atoms with E-state index in [2.05, 4.69) is 15.4 Å². The number of nitrogens with zero attached hydrogens (tertiary/aromatic N) is 3. The molecule has 2 aromatic heterocycles. The first-order valence-corrected chi connectivity index (χ1v) is 7.00. The SMILES string of the molecule is CCc1cc(C(=O)Nc2cccc(OC)c2)nc2ccnn12. The summed E-state index contributed by atoms with van der Waals surface area (Å²) in [5.41, 5.74) is 2.63. The van der Waals surface area contributed by atoms with Crippen molar-refractivity contribution in [3.05, 3.63) is 54.0 Å². The summed E-state index contributed by atoms with van der Waals surface area (Å²) in [6, 6.07) is 10.7. The number of ether oxygens (including phenoxy) is 1. The maximum absolute atomic E-state index is 12.4. The molecule has 0 unspecified atom stereocenters. The van der Waals surface area contributed by atoms with Crippen molar-refractivity contribution in [1.82, 2.24) is 14.6 Å². The van der Waals surface area contributed by atoms with E-state index < -0.39 is 0 Å². The predicted molar refractivity (Wildman–Crippen MR) is 83.3 cm³/mol. The molecule has 1 aromatic carbocycles. The van der Waals surface area contributed by atoms with E-state index in [0.29, 0.717) is 22.8 Å². The van der Waals surface area contributed by atoms with Crippen LogP contribution in [-0.2, 0) is 6.42 Å². The van der Waals surface area contributed by atoms with E-state index in [-0.39, 0.29) is 5.91 Å². The van der Waals surface area contributed by atoms with Crippen molar-refractivity contribution in [2.45, 2.75) is 13.3 Å². The first-order chi connectivity index (χ1) is 10.7. The molecule has 0 radical (unpaired) electrons. The topological polar surface area (TPSA) is 68.5 Å². The zero-order valence-corrected chi connectivity index (χ0v) is 12.4. The van der Waals surface area contributed by atoms with Crippen molar-refractivity contribution in [3.8, 4) is 5.75 Å². The molecule has 112 valence electrons. The second kappa shape index (κ2) is 5.85. The van der Waals surface area contributed by atoms with Gasteiger partial charge in [0, 0.05) is 23.5 Å². The number of nitrogens with one attached hydrogen (secondary N) is 1. The fourth-order valence-corrected chi connectivity index (χ4v) is 2.24.